The van der Waals surface area contributed by atoms with Crippen LogP contribution in [0.5, 0.6) is 0 Å². The number of H-pyrrole nitrogens is 1. The van der Waals surface area contributed by atoms with E-state index in [0.29, 0.717) is 0 Å². The maximum atomic E-state index is 3.49. The second-order valence-electron chi connectivity index (χ2n) is 7.97. The summed E-state index contributed by atoms with van der Waals surface area (Å²) < 4.78 is 2.29. The summed E-state index contributed by atoms with van der Waals surface area (Å²) >= 11 is 0. The Bertz CT molecular complexity index is 397. The van der Waals surface area contributed by atoms with Crippen LogP contribution in [0, 0.1) is 0 Å². The second kappa shape index (κ2) is 15.5. The van der Waals surface area contributed by atoms with Gasteiger partial charge in [0.2, 0.25) is 0 Å². The molecule has 1 aromatic heterocycles. The topological polar surface area (TPSA) is 19.7 Å². The quantitative estimate of drug-likeness (QED) is 0.226. The zero-order chi connectivity index (χ0) is 18.2. The van der Waals surface area contributed by atoms with Crippen LogP contribution in [0.3, 0.4) is 0 Å². The molecular weight excluding hydrogens is 304 g/mol. The van der Waals surface area contributed by atoms with Gasteiger partial charge in [-0.1, -0.05) is 104 Å². The maximum Gasteiger partial charge on any atom is 0.257 e. The molecule has 2 nitrogen and oxygen atoms in total. The summed E-state index contributed by atoms with van der Waals surface area (Å²) in [5.74, 6) is 2.16. The first-order valence-electron chi connectivity index (χ1n) is 11.3. The lowest BCUT2D eigenvalue weighted by Gasteiger charge is -2.13. The molecule has 1 N–H and O–H groups in total. The summed E-state index contributed by atoms with van der Waals surface area (Å²) in [6.07, 6.45) is 26.8. The van der Waals surface area contributed by atoms with E-state index in [1.807, 2.05) is 0 Å². The number of imidazole rings is 1. The highest BCUT2D eigenvalue weighted by atomic mass is 15.0. The number of aryl methyl sites for hydroxylation is 1. The Morgan fingerprint density at radius 1 is 0.720 bits per heavy atom. The SMILES string of the molecule is CCCCCCCCCCCCC[C@H](CCCCC)c1[nH]cc[n+]1C. The molecule has 0 amide bonds. The monoisotopic (exact) mass is 349 g/mol. The number of aromatic amines is 1. The molecule has 0 aliphatic heterocycles. The van der Waals surface area contributed by atoms with E-state index in [0.717, 1.165) is 5.92 Å². The Hall–Kier alpha value is -0.790. The third kappa shape index (κ3) is 10.7. The molecule has 0 unspecified atom stereocenters. The zero-order valence-corrected chi connectivity index (χ0v) is 17.5. The lowest BCUT2D eigenvalue weighted by molar-refractivity contribution is -0.679. The highest BCUT2D eigenvalue weighted by molar-refractivity contribution is 4.89. The summed E-state index contributed by atoms with van der Waals surface area (Å²) in [5, 5.41) is 0. The second-order valence-corrected chi connectivity index (χ2v) is 7.97. The minimum Gasteiger partial charge on any atom is -0.247 e. The van der Waals surface area contributed by atoms with Gasteiger partial charge in [-0.15, -0.1) is 0 Å². The standard InChI is InChI=1S/C23H44N2/c1-4-6-8-9-10-11-12-13-14-15-17-19-22(18-16-7-5-2)23-24-20-21-25(23)3/h20-22H,4-19H2,1-3H3/p+1/t22-/m0/s1. The smallest absolute Gasteiger partial charge is 0.247 e. The normalized spacial score (nSPS) is 12.6. The van der Waals surface area contributed by atoms with Crippen molar-refractivity contribution in [1.29, 1.82) is 0 Å². The van der Waals surface area contributed by atoms with Crippen molar-refractivity contribution in [2.24, 2.45) is 7.05 Å². The zero-order valence-electron chi connectivity index (χ0n) is 17.5. The van der Waals surface area contributed by atoms with Crippen LogP contribution >= 0.6 is 0 Å². The van der Waals surface area contributed by atoms with E-state index in [9.17, 15) is 0 Å². The van der Waals surface area contributed by atoms with Gasteiger partial charge in [-0.05, 0) is 12.8 Å². The lowest BCUT2D eigenvalue weighted by Crippen LogP contribution is -2.32. The Kier molecular flexibility index (Phi) is 13.8. The van der Waals surface area contributed by atoms with Crippen LogP contribution < -0.4 is 4.57 Å². The molecule has 1 atom stereocenters. The van der Waals surface area contributed by atoms with Crippen molar-refractivity contribution in [2.45, 2.75) is 122 Å². The predicted octanol–water partition coefficient (Wildman–Crippen LogP) is 7.20. The van der Waals surface area contributed by atoms with Gasteiger partial charge < -0.3 is 0 Å². The van der Waals surface area contributed by atoms with E-state index < -0.39 is 0 Å². The molecule has 0 saturated heterocycles. The van der Waals surface area contributed by atoms with E-state index in [1.165, 1.54) is 109 Å². The maximum absolute atomic E-state index is 3.49. The molecule has 0 fully saturated rings. The molecular formula is C23H45N2+. The molecule has 146 valence electrons. The third-order valence-electron chi connectivity index (χ3n) is 5.61. The Labute approximate surface area is 157 Å². The molecule has 0 bridgehead atoms. The van der Waals surface area contributed by atoms with Crippen molar-refractivity contribution in [2.75, 3.05) is 0 Å². The van der Waals surface area contributed by atoms with Crippen LogP contribution in [-0.2, 0) is 7.05 Å². The van der Waals surface area contributed by atoms with E-state index in [1.54, 1.807) is 0 Å². The number of nitrogens with one attached hydrogen (secondary N) is 1. The van der Waals surface area contributed by atoms with Gasteiger partial charge in [0.05, 0.1) is 13.0 Å². The summed E-state index contributed by atoms with van der Waals surface area (Å²) in [6.45, 7) is 4.59. The first kappa shape index (κ1) is 22.3. The van der Waals surface area contributed by atoms with Crippen LogP contribution in [0.4, 0.5) is 0 Å². The molecule has 0 aliphatic carbocycles. The number of hydrogen-bond acceptors (Lipinski definition) is 0. The van der Waals surface area contributed by atoms with Gasteiger partial charge in [0, 0.05) is 0 Å². The largest absolute Gasteiger partial charge is 0.257 e. The predicted molar refractivity (Wildman–Crippen MR) is 110 cm³/mol. The van der Waals surface area contributed by atoms with Crippen LogP contribution in [0.1, 0.15) is 128 Å². The van der Waals surface area contributed by atoms with E-state index >= 15 is 0 Å². The van der Waals surface area contributed by atoms with Crippen LogP contribution in [0.15, 0.2) is 12.4 Å². The van der Waals surface area contributed by atoms with Crippen LogP contribution in [-0.4, -0.2) is 4.98 Å². The third-order valence-corrected chi connectivity index (χ3v) is 5.61. The van der Waals surface area contributed by atoms with Gasteiger partial charge >= 0.3 is 0 Å². The van der Waals surface area contributed by atoms with E-state index in [2.05, 4.69) is 42.8 Å². The fourth-order valence-corrected chi connectivity index (χ4v) is 3.94. The molecule has 25 heavy (non-hydrogen) atoms. The molecule has 2 heteroatoms. The van der Waals surface area contributed by atoms with Gasteiger partial charge in [-0.3, -0.25) is 0 Å². The molecule has 1 aromatic rings. The first-order chi connectivity index (χ1) is 12.3. The van der Waals surface area contributed by atoms with E-state index in [-0.39, 0.29) is 0 Å². The lowest BCUT2D eigenvalue weighted by atomic mass is 9.93. The fourth-order valence-electron chi connectivity index (χ4n) is 3.94. The number of hydrogen-bond donors (Lipinski definition) is 1. The Balaban J connectivity index is 2.09. The number of rotatable bonds is 17. The minimum atomic E-state index is 0.727. The van der Waals surface area contributed by atoms with E-state index in [4.69, 9.17) is 0 Å². The van der Waals surface area contributed by atoms with Gasteiger partial charge in [0.15, 0.2) is 0 Å². The highest BCUT2D eigenvalue weighted by Gasteiger charge is 2.20. The summed E-state index contributed by atoms with van der Waals surface area (Å²) in [5.41, 5.74) is 0. The van der Waals surface area contributed by atoms with Crippen molar-refractivity contribution in [3.05, 3.63) is 18.2 Å². The highest BCUT2D eigenvalue weighted by Crippen LogP contribution is 2.25. The number of unbranched alkanes of at least 4 members (excludes halogenated alkanes) is 12. The van der Waals surface area contributed by atoms with Crippen molar-refractivity contribution < 1.29 is 4.57 Å². The molecule has 0 aromatic carbocycles. The minimum absolute atomic E-state index is 0.727. The van der Waals surface area contributed by atoms with Crippen molar-refractivity contribution >= 4 is 0 Å². The summed E-state index contributed by atoms with van der Waals surface area (Å²) in [7, 11) is 2.18. The molecule has 0 spiro atoms. The van der Waals surface area contributed by atoms with Gasteiger partial charge in [0.25, 0.3) is 5.82 Å². The number of nitrogens with zero attached hydrogens (tertiary/aromatic N) is 1. The van der Waals surface area contributed by atoms with Gasteiger partial charge in [-0.25, -0.2) is 9.55 Å². The Morgan fingerprint density at radius 3 is 1.64 bits per heavy atom. The average Bonchev–Trinajstić information content (AvgIpc) is 3.04. The molecule has 0 saturated carbocycles. The molecule has 1 rings (SSSR count). The van der Waals surface area contributed by atoms with Gasteiger partial charge in [-0.2, -0.15) is 0 Å². The van der Waals surface area contributed by atoms with Crippen molar-refractivity contribution in [1.82, 2.24) is 4.98 Å². The van der Waals surface area contributed by atoms with Crippen molar-refractivity contribution in [3.8, 4) is 0 Å². The fraction of sp³-hybridized carbons (Fsp3) is 0.870. The van der Waals surface area contributed by atoms with Gasteiger partial charge in [0.1, 0.15) is 12.4 Å². The Morgan fingerprint density at radius 2 is 1.16 bits per heavy atom. The number of aromatic nitrogens is 2. The first-order valence-corrected chi connectivity index (χ1v) is 11.3. The summed E-state index contributed by atoms with van der Waals surface area (Å²) in [6, 6.07) is 0. The molecule has 1 heterocycles. The van der Waals surface area contributed by atoms with Crippen LogP contribution in [0.2, 0.25) is 0 Å². The summed E-state index contributed by atoms with van der Waals surface area (Å²) in [4.78, 5) is 3.49. The average molecular weight is 350 g/mol. The van der Waals surface area contributed by atoms with Crippen LogP contribution in [0.25, 0.3) is 0 Å². The van der Waals surface area contributed by atoms with Crippen molar-refractivity contribution in [3.63, 3.8) is 0 Å². The molecule has 0 radical (unpaired) electrons. The molecule has 0 aliphatic rings.